The van der Waals surface area contributed by atoms with Gasteiger partial charge in [-0.2, -0.15) is 0 Å². The number of thiazole rings is 1. The van der Waals surface area contributed by atoms with Crippen molar-refractivity contribution >= 4 is 22.9 Å². The molecule has 0 aliphatic carbocycles. The molecule has 1 aromatic heterocycles. The average molecular weight is 366 g/mol. The average Bonchev–Trinajstić information content (AvgIpc) is 3.21. The monoisotopic (exact) mass is 366 g/mol. The Balaban J connectivity index is 1.58. The minimum atomic E-state index is -0.175. The van der Waals surface area contributed by atoms with Gasteiger partial charge in [-0.1, -0.05) is 32.0 Å². The van der Waals surface area contributed by atoms with Gasteiger partial charge in [-0.15, -0.1) is 11.3 Å². The van der Waals surface area contributed by atoms with Gasteiger partial charge in [0.05, 0.1) is 0 Å². The fraction of sp³-hybridized carbons (Fsp3) is 0.238. The predicted molar refractivity (Wildman–Crippen MR) is 107 cm³/mol. The number of aromatic nitrogens is 1. The van der Waals surface area contributed by atoms with Crippen LogP contribution in [0.15, 0.2) is 60.1 Å². The molecular weight excluding hydrogens is 344 g/mol. The maximum absolute atomic E-state index is 12.2. The fourth-order valence-corrected chi connectivity index (χ4v) is 3.29. The first-order chi connectivity index (χ1) is 12.7. The summed E-state index contributed by atoms with van der Waals surface area (Å²) >= 11 is 1.59. The third-order valence-corrected chi connectivity index (χ3v) is 5.09. The molecule has 1 heterocycles. The van der Waals surface area contributed by atoms with Crippen LogP contribution in [-0.4, -0.2) is 17.5 Å². The first kappa shape index (κ1) is 18.1. The number of amides is 1. The molecule has 3 rings (SSSR count). The largest absolute Gasteiger partial charge is 0.483 e. The minimum absolute atomic E-state index is 0.0122. The molecule has 0 bridgehead atoms. The van der Waals surface area contributed by atoms with Crippen molar-refractivity contribution in [3.05, 3.63) is 65.7 Å². The third kappa shape index (κ3) is 4.49. The Bertz CT molecular complexity index is 845. The lowest BCUT2D eigenvalue weighted by Gasteiger charge is -2.15. The summed E-state index contributed by atoms with van der Waals surface area (Å²) in [5.74, 6) is 0.995. The van der Waals surface area contributed by atoms with Crippen LogP contribution in [0.4, 0.5) is 5.69 Å². The minimum Gasteiger partial charge on any atom is -0.483 e. The Morgan fingerprint density at radius 3 is 2.65 bits per heavy atom. The van der Waals surface area contributed by atoms with Crippen LogP contribution in [-0.2, 0) is 4.79 Å². The van der Waals surface area contributed by atoms with Crippen LogP contribution in [0.1, 0.15) is 31.7 Å². The second-order valence-corrected chi connectivity index (χ2v) is 6.99. The number of nitrogens with zero attached hydrogens (tertiary/aromatic N) is 1. The van der Waals surface area contributed by atoms with Gasteiger partial charge in [-0.25, -0.2) is 4.98 Å². The molecule has 5 heteroatoms. The van der Waals surface area contributed by atoms with E-state index in [1.807, 2.05) is 47.8 Å². The smallest absolute Gasteiger partial charge is 0.262 e. The number of carbonyl (C=O) groups excluding carboxylic acids is 1. The standard InChI is InChI=1S/C21H22N2O2S/c1-3-15(2)18-6-4-5-7-19(18)25-14-20(24)23-17-10-8-16(9-11-17)21-22-12-13-26-21/h4-13,15H,3,14H2,1-2H3,(H,23,24)/t15-/m1/s1. The number of anilines is 1. The molecule has 0 aliphatic rings. The van der Waals surface area contributed by atoms with Crippen molar-refractivity contribution < 1.29 is 9.53 Å². The van der Waals surface area contributed by atoms with Crippen LogP contribution in [0.2, 0.25) is 0 Å². The van der Waals surface area contributed by atoms with E-state index >= 15 is 0 Å². The Hall–Kier alpha value is -2.66. The van der Waals surface area contributed by atoms with Crippen molar-refractivity contribution in [3.8, 4) is 16.3 Å². The summed E-state index contributed by atoms with van der Waals surface area (Å²) in [4.78, 5) is 16.5. The number of ether oxygens (including phenoxy) is 1. The summed E-state index contributed by atoms with van der Waals surface area (Å²) in [6.45, 7) is 4.29. The van der Waals surface area contributed by atoms with Gasteiger partial charge in [0.25, 0.3) is 5.91 Å². The Kier molecular flexibility index (Phi) is 6.02. The molecule has 0 spiro atoms. The number of nitrogens with one attached hydrogen (secondary N) is 1. The molecule has 0 aliphatic heterocycles. The second-order valence-electron chi connectivity index (χ2n) is 6.10. The van der Waals surface area contributed by atoms with Crippen LogP contribution < -0.4 is 10.1 Å². The van der Waals surface area contributed by atoms with Crippen molar-refractivity contribution in [2.45, 2.75) is 26.2 Å². The van der Waals surface area contributed by atoms with E-state index in [1.165, 1.54) is 0 Å². The zero-order chi connectivity index (χ0) is 18.4. The molecule has 1 N–H and O–H groups in total. The Morgan fingerprint density at radius 2 is 1.96 bits per heavy atom. The lowest BCUT2D eigenvalue weighted by atomic mass is 9.98. The molecular formula is C21H22N2O2S. The Morgan fingerprint density at radius 1 is 1.19 bits per heavy atom. The number of hydrogen-bond donors (Lipinski definition) is 1. The normalized spacial score (nSPS) is 11.8. The maximum Gasteiger partial charge on any atom is 0.262 e. The lowest BCUT2D eigenvalue weighted by molar-refractivity contribution is -0.118. The Labute approximate surface area is 157 Å². The van der Waals surface area contributed by atoms with Gasteiger partial charge in [0.1, 0.15) is 10.8 Å². The molecule has 2 aromatic carbocycles. The van der Waals surface area contributed by atoms with E-state index in [4.69, 9.17) is 4.74 Å². The van der Waals surface area contributed by atoms with Gasteiger partial charge in [-0.05, 0) is 48.2 Å². The van der Waals surface area contributed by atoms with E-state index in [0.717, 1.165) is 34.0 Å². The predicted octanol–water partition coefficient (Wildman–Crippen LogP) is 5.34. The zero-order valence-electron chi connectivity index (χ0n) is 14.9. The van der Waals surface area contributed by atoms with Gasteiger partial charge >= 0.3 is 0 Å². The number of rotatable bonds is 7. The molecule has 26 heavy (non-hydrogen) atoms. The molecule has 4 nitrogen and oxygen atoms in total. The van der Waals surface area contributed by atoms with E-state index in [-0.39, 0.29) is 12.5 Å². The van der Waals surface area contributed by atoms with Gasteiger partial charge in [0.15, 0.2) is 6.61 Å². The molecule has 1 atom stereocenters. The summed E-state index contributed by atoms with van der Waals surface area (Å²) in [5.41, 5.74) is 2.92. The van der Waals surface area contributed by atoms with Crippen molar-refractivity contribution in [1.29, 1.82) is 0 Å². The van der Waals surface area contributed by atoms with E-state index in [0.29, 0.717) is 5.92 Å². The number of hydrogen-bond acceptors (Lipinski definition) is 4. The van der Waals surface area contributed by atoms with Crippen molar-refractivity contribution in [2.24, 2.45) is 0 Å². The zero-order valence-corrected chi connectivity index (χ0v) is 15.8. The van der Waals surface area contributed by atoms with E-state index in [9.17, 15) is 4.79 Å². The summed E-state index contributed by atoms with van der Waals surface area (Å²) in [5, 5.41) is 5.78. The number of benzene rings is 2. The van der Waals surface area contributed by atoms with Crippen LogP contribution in [0.25, 0.3) is 10.6 Å². The highest BCUT2D eigenvalue weighted by molar-refractivity contribution is 7.13. The molecule has 0 fully saturated rings. The van der Waals surface area contributed by atoms with E-state index < -0.39 is 0 Å². The first-order valence-electron chi connectivity index (χ1n) is 8.69. The highest BCUT2D eigenvalue weighted by atomic mass is 32.1. The SMILES string of the molecule is CC[C@@H](C)c1ccccc1OCC(=O)Nc1ccc(-c2nccs2)cc1. The first-order valence-corrected chi connectivity index (χ1v) is 9.57. The molecule has 1 amide bonds. The van der Waals surface area contributed by atoms with Crippen LogP contribution in [0, 0.1) is 0 Å². The molecule has 3 aromatic rings. The van der Waals surface area contributed by atoms with Crippen molar-refractivity contribution in [2.75, 3.05) is 11.9 Å². The highest BCUT2D eigenvalue weighted by Gasteiger charge is 2.11. The van der Waals surface area contributed by atoms with Crippen LogP contribution in [0.5, 0.6) is 5.75 Å². The van der Waals surface area contributed by atoms with Gasteiger partial charge in [0.2, 0.25) is 0 Å². The molecule has 0 saturated carbocycles. The van der Waals surface area contributed by atoms with E-state index in [1.54, 1.807) is 17.5 Å². The van der Waals surface area contributed by atoms with Gasteiger partial charge < -0.3 is 10.1 Å². The lowest BCUT2D eigenvalue weighted by Crippen LogP contribution is -2.20. The van der Waals surface area contributed by atoms with Crippen LogP contribution in [0.3, 0.4) is 0 Å². The highest BCUT2D eigenvalue weighted by Crippen LogP contribution is 2.28. The molecule has 0 radical (unpaired) electrons. The van der Waals surface area contributed by atoms with E-state index in [2.05, 4.69) is 30.2 Å². The third-order valence-electron chi connectivity index (χ3n) is 4.27. The molecule has 0 saturated heterocycles. The maximum atomic E-state index is 12.2. The van der Waals surface area contributed by atoms with Gasteiger partial charge in [0, 0.05) is 22.8 Å². The molecule has 0 unspecified atom stereocenters. The quantitative estimate of drug-likeness (QED) is 0.614. The topological polar surface area (TPSA) is 51.2 Å². The number of para-hydroxylation sites is 1. The summed E-state index contributed by atoms with van der Waals surface area (Å²) in [7, 11) is 0. The second kappa shape index (κ2) is 8.63. The summed E-state index contributed by atoms with van der Waals surface area (Å²) in [6.07, 6.45) is 2.81. The van der Waals surface area contributed by atoms with Gasteiger partial charge in [-0.3, -0.25) is 4.79 Å². The summed E-state index contributed by atoms with van der Waals surface area (Å²) in [6, 6.07) is 15.6. The van der Waals surface area contributed by atoms with Crippen molar-refractivity contribution in [1.82, 2.24) is 4.98 Å². The fourth-order valence-electron chi connectivity index (χ4n) is 2.64. The van der Waals surface area contributed by atoms with Crippen molar-refractivity contribution in [3.63, 3.8) is 0 Å². The number of carbonyl (C=O) groups is 1. The summed E-state index contributed by atoms with van der Waals surface area (Å²) < 4.78 is 5.76. The molecule has 134 valence electrons. The van der Waals surface area contributed by atoms with Crippen LogP contribution >= 0.6 is 11.3 Å².